The summed E-state index contributed by atoms with van der Waals surface area (Å²) in [6.07, 6.45) is 15.1. The number of aldehydes is 1. The SMILES string of the molecule is C#C.CCC.CNC1CCN(c2ccc3c(c2)C(C)(F)CCO3)C1.Cc1cc(Cl)cc(C=O)c1.c1ccncc1. The second-order valence-electron chi connectivity index (χ2n) is 9.61. The zero-order valence-corrected chi connectivity index (χ0v) is 25.1. The van der Waals surface area contributed by atoms with E-state index in [0.717, 1.165) is 37.0 Å². The van der Waals surface area contributed by atoms with Crippen LogP contribution < -0.4 is 15.0 Å². The van der Waals surface area contributed by atoms with E-state index in [-0.39, 0.29) is 0 Å². The number of nitrogens with zero attached hydrogens (tertiary/aromatic N) is 2. The Morgan fingerprint density at radius 2 is 1.85 bits per heavy atom. The van der Waals surface area contributed by atoms with Crippen LogP contribution in [0.5, 0.6) is 5.75 Å². The van der Waals surface area contributed by atoms with Crippen molar-refractivity contribution in [2.75, 3.05) is 31.6 Å². The van der Waals surface area contributed by atoms with Crippen LogP contribution in [0, 0.1) is 19.8 Å². The van der Waals surface area contributed by atoms with Gasteiger partial charge in [-0.25, -0.2) is 4.39 Å². The van der Waals surface area contributed by atoms with E-state index in [1.54, 1.807) is 31.5 Å². The Kier molecular flexibility index (Phi) is 16.3. The number of aryl methyl sites for hydroxylation is 1. The number of alkyl halides is 1. The van der Waals surface area contributed by atoms with Crippen LogP contribution in [0.2, 0.25) is 5.02 Å². The number of rotatable bonds is 3. The van der Waals surface area contributed by atoms with Crippen LogP contribution in [-0.4, -0.2) is 44.1 Å². The van der Waals surface area contributed by atoms with E-state index in [1.807, 2.05) is 56.4 Å². The molecule has 5 nitrogen and oxygen atoms in total. The summed E-state index contributed by atoms with van der Waals surface area (Å²) in [4.78, 5) is 16.3. The minimum Gasteiger partial charge on any atom is -0.493 e. The normalized spacial score (nSPS) is 18.3. The molecule has 40 heavy (non-hydrogen) atoms. The van der Waals surface area contributed by atoms with Crippen molar-refractivity contribution in [2.45, 2.75) is 58.7 Å². The molecule has 1 saturated heterocycles. The lowest BCUT2D eigenvalue weighted by atomic mass is 9.91. The Balaban J connectivity index is 0.000000318. The van der Waals surface area contributed by atoms with E-state index < -0.39 is 5.67 Å². The van der Waals surface area contributed by atoms with Gasteiger partial charge in [0.25, 0.3) is 0 Å². The van der Waals surface area contributed by atoms with Crippen molar-refractivity contribution in [1.29, 1.82) is 0 Å². The van der Waals surface area contributed by atoms with E-state index >= 15 is 0 Å². The molecule has 1 N–H and O–H groups in total. The number of aromatic nitrogens is 1. The van der Waals surface area contributed by atoms with Gasteiger partial charge in [0.05, 0.1) is 6.61 Å². The van der Waals surface area contributed by atoms with Gasteiger partial charge in [-0.2, -0.15) is 0 Å². The first-order valence-corrected chi connectivity index (χ1v) is 13.9. The van der Waals surface area contributed by atoms with Crippen molar-refractivity contribution in [2.24, 2.45) is 0 Å². The maximum absolute atomic E-state index is 14.6. The van der Waals surface area contributed by atoms with E-state index in [9.17, 15) is 9.18 Å². The summed E-state index contributed by atoms with van der Waals surface area (Å²) in [5.41, 5.74) is 2.17. The maximum Gasteiger partial charge on any atom is 0.150 e. The monoisotopic (exact) mass is 567 g/mol. The number of benzene rings is 2. The fourth-order valence-corrected chi connectivity index (χ4v) is 4.41. The topological polar surface area (TPSA) is 54.5 Å². The molecule has 1 aromatic heterocycles. The summed E-state index contributed by atoms with van der Waals surface area (Å²) in [5, 5.41) is 3.91. The van der Waals surface area contributed by atoms with Crippen molar-refractivity contribution in [3.8, 4) is 18.6 Å². The molecule has 0 saturated carbocycles. The van der Waals surface area contributed by atoms with Crippen LogP contribution in [0.1, 0.15) is 61.5 Å². The van der Waals surface area contributed by atoms with Crippen LogP contribution in [0.25, 0.3) is 0 Å². The van der Waals surface area contributed by atoms with Crippen LogP contribution in [-0.2, 0) is 5.67 Å². The molecular weight excluding hydrogens is 525 g/mol. The lowest BCUT2D eigenvalue weighted by Crippen LogP contribution is -2.30. The first-order chi connectivity index (χ1) is 19.2. The molecule has 2 atom stereocenters. The molecule has 0 radical (unpaired) electrons. The molecule has 0 amide bonds. The number of halogens is 2. The highest BCUT2D eigenvalue weighted by Crippen LogP contribution is 2.41. The Morgan fingerprint density at radius 3 is 2.35 bits per heavy atom. The van der Waals surface area contributed by atoms with E-state index in [4.69, 9.17) is 16.3 Å². The second-order valence-corrected chi connectivity index (χ2v) is 10.0. The molecule has 5 rings (SSSR count). The predicted molar refractivity (Wildman–Crippen MR) is 166 cm³/mol. The lowest BCUT2D eigenvalue weighted by molar-refractivity contribution is 0.110. The number of anilines is 1. The standard InChI is InChI=1S/C15H21FN2O.C8H7ClO.C5H5N.C3H8.C2H2/c1-15(16)6-8-19-14-4-3-12(9-13(14)15)18-7-5-11(10-18)17-2;1-6-2-7(5-10)4-8(9)3-6;1-2-4-6-5-3-1;1-3-2;1-2/h3-4,9,11,17H,5-8,10H2,1-2H3;2-5H,1H3;1-5H;3H2,1-2H3;1-2H. The van der Waals surface area contributed by atoms with Gasteiger partial charge in [-0.15, -0.1) is 12.8 Å². The zero-order chi connectivity index (χ0) is 30.0. The highest BCUT2D eigenvalue weighted by atomic mass is 35.5. The summed E-state index contributed by atoms with van der Waals surface area (Å²) in [5.74, 6) is 0.698. The average molecular weight is 568 g/mol. The van der Waals surface area contributed by atoms with Gasteiger partial charge < -0.3 is 15.0 Å². The summed E-state index contributed by atoms with van der Waals surface area (Å²) >= 11 is 5.67. The largest absolute Gasteiger partial charge is 0.493 e. The van der Waals surface area contributed by atoms with Crippen molar-refractivity contribution >= 4 is 23.6 Å². The number of carbonyl (C=O) groups is 1. The Bertz CT molecular complexity index is 1110. The first-order valence-electron chi connectivity index (χ1n) is 13.5. The molecule has 2 aromatic carbocycles. The third kappa shape index (κ3) is 11.8. The summed E-state index contributed by atoms with van der Waals surface area (Å²) in [7, 11) is 1.99. The minimum absolute atomic E-state index is 0.433. The molecule has 1 fully saturated rings. The first kappa shape index (κ1) is 34.6. The highest BCUT2D eigenvalue weighted by Gasteiger charge is 2.34. The average Bonchev–Trinajstić information content (AvgIpc) is 3.45. The van der Waals surface area contributed by atoms with Crippen molar-refractivity contribution in [1.82, 2.24) is 10.3 Å². The van der Waals surface area contributed by atoms with Crippen LogP contribution in [0.4, 0.5) is 10.1 Å². The van der Waals surface area contributed by atoms with Gasteiger partial charge in [0.15, 0.2) is 0 Å². The molecule has 0 bridgehead atoms. The third-order valence-corrected chi connectivity index (χ3v) is 6.30. The molecule has 2 aliphatic heterocycles. The second kappa shape index (κ2) is 18.8. The van der Waals surface area contributed by atoms with Gasteiger partial charge in [0, 0.05) is 59.8 Å². The number of hydrogen-bond donors (Lipinski definition) is 1. The van der Waals surface area contributed by atoms with Crippen molar-refractivity contribution in [3.05, 3.63) is 88.7 Å². The number of likely N-dealkylation sites (N-methyl/N-ethyl adjacent to an activating group) is 1. The molecule has 7 heteroatoms. The summed E-state index contributed by atoms with van der Waals surface area (Å²) in [6, 6.07) is 17.4. The third-order valence-electron chi connectivity index (χ3n) is 6.08. The molecule has 216 valence electrons. The number of nitrogens with one attached hydrogen (secondary N) is 1. The Labute approximate surface area is 245 Å². The summed E-state index contributed by atoms with van der Waals surface area (Å²) < 4.78 is 20.1. The highest BCUT2D eigenvalue weighted by molar-refractivity contribution is 6.30. The van der Waals surface area contributed by atoms with Crippen LogP contribution in [0.15, 0.2) is 67.0 Å². The molecule has 3 aromatic rings. The molecule has 2 unspecified atom stereocenters. The van der Waals surface area contributed by atoms with Crippen LogP contribution in [0.3, 0.4) is 0 Å². The molecule has 3 heterocycles. The number of fused-ring (bicyclic) bond motifs is 1. The van der Waals surface area contributed by atoms with Crippen molar-refractivity contribution in [3.63, 3.8) is 0 Å². The number of terminal acetylenes is 1. The van der Waals surface area contributed by atoms with E-state index in [1.165, 1.54) is 6.42 Å². The summed E-state index contributed by atoms with van der Waals surface area (Å²) in [6.45, 7) is 10.3. The van der Waals surface area contributed by atoms with Gasteiger partial charge in [-0.1, -0.05) is 37.9 Å². The number of ether oxygens (including phenoxy) is 1. The zero-order valence-electron chi connectivity index (χ0n) is 24.4. The quantitative estimate of drug-likeness (QED) is 0.260. The predicted octanol–water partition coefficient (Wildman–Crippen LogP) is 7.66. The lowest BCUT2D eigenvalue weighted by Gasteiger charge is -2.30. The minimum atomic E-state index is -1.27. The van der Waals surface area contributed by atoms with Gasteiger partial charge in [-0.3, -0.25) is 9.78 Å². The number of hydrogen-bond acceptors (Lipinski definition) is 5. The van der Waals surface area contributed by atoms with Gasteiger partial charge in [0.2, 0.25) is 0 Å². The van der Waals surface area contributed by atoms with Gasteiger partial charge >= 0.3 is 0 Å². The molecule has 2 aliphatic rings. The maximum atomic E-state index is 14.6. The molecule has 0 aliphatic carbocycles. The fourth-order valence-electron chi connectivity index (χ4n) is 4.11. The van der Waals surface area contributed by atoms with Gasteiger partial charge in [0.1, 0.15) is 17.7 Å². The number of carbonyl (C=O) groups excluding carboxylic acids is 1. The van der Waals surface area contributed by atoms with Crippen LogP contribution >= 0.6 is 11.6 Å². The van der Waals surface area contributed by atoms with E-state index in [2.05, 4.69) is 41.9 Å². The van der Waals surface area contributed by atoms with Gasteiger partial charge in [-0.05, 0) is 81.4 Å². The molecular formula is C33H43ClFN3O2. The number of pyridine rings is 1. The Morgan fingerprint density at radius 1 is 1.18 bits per heavy atom. The Hall–Kier alpha value is -3.40. The fraction of sp³-hybridized carbons (Fsp3) is 0.394. The molecule has 0 spiro atoms. The van der Waals surface area contributed by atoms with E-state index in [0.29, 0.717) is 41.0 Å². The smallest absolute Gasteiger partial charge is 0.150 e. The van der Waals surface area contributed by atoms with Crippen molar-refractivity contribution < 1.29 is 13.9 Å².